The number of carbonyl (C=O) groups excluding carboxylic acids is 2. The van der Waals surface area contributed by atoms with Gasteiger partial charge in [-0.2, -0.15) is 0 Å². The smallest absolute Gasteiger partial charge is 0.300 e. The number of anilines is 1. The van der Waals surface area contributed by atoms with E-state index in [-0.39, 0.29) is 11.3 Å². The maximum atomic E-state index is 13.2. The number of ketones is 1. The molecule has 0 aliphatic carbocycles. The number of nitrogens with zero attached hydrogens (tertiary/aromatic N) is 1. The molecule has 0 bridgehead atoms. The molecule has 0 saturated carbocycles. The minimum Gasteiger partial charge on any atom is -0.507 e. The molecule has 156 valence electrons. The molecule has 1 saturated heterocycles. The number of benzene rings is 3. The van der Waals surface area contributed by atoms with E-state index in [4.69, 9.17) is 0 Å². The van der Waals surface area contributed by atoms with Crippen molar-refractivity contribution in [2.75, 3.05) is 4.90 Å². The first-order valence-electron chi connectivity index (χ1n) is 10.3. The Morgan fingerprint density at radius 2 is 1.45 bits per heavy atom. The van der Waals surface area contributed by atoms with Crippen LogP contribution in [0.15, 0.2) is 72.3 Å². The lowest BCUT2D eigenvalue weighted by Crippen LogP contribution is -2.29. The summed E-state index contributed by atoms with van der Waals surface area (Å²) in [5.74, 6) is -1.45. The molecular formula is C27H25NO3. The summed E-state index contributed by atoms with van der Waals surface area (Å²) < 4.78 is 0. The van der Waals surface area contributed by atoms with E-state index in [0.717, 1.165) is 27.8 Å². The monoisotopic (exact) mass is 411 g/mol. The molecular weight excluding hydrogens is 386 g/mol. The molecule has 31 heavy (non-hydrogen) atoms. The molecule has 1 aliphatic rings. The van der Waals surface area contributed by atoms with Crippen molar-refractivity contribution in [1.82, 2.24) is 0 Å². The van der Waals surface area contributed by atoms with Gasteiger partial charge in [-0.25, -0.2) is 0 Å². The predicted octanol–water partition coefficient (Wildman–Crippen LogP) is 5.55. The highest BCUT2D eigenvalue weighted by molar-refractivity contribution is 6.51. The highest BCUT2D eigenvalue weighted by Crippen LogP contribution is 2.42. The molecule has 1 unspecified atom stereocenters. The summed E-state index contributed by atoms with van der Waals surface area (Å²) >= 11 is 0. The Bertz CT molecular complexity index is 1200. The van der Waals surface area contributed by atoms with Gasteiger partial charge in [0.1, 0.15) is 5.76 Å². The third-order valence-corrected chi connectivity index (χ3v) is 5.69. The van der Waals surface area contributed by atoms with E-state index in [1.807, 2.05) is 94.4 Å². The van der Waals surface area contributed by atoms with Crippen molar-refractivity contribution in [3.05, 3.63) is 106 Å². The highest BCUT2D eigenvalue weighted by Gasteiger charge is 2.47. The third-order valence-electron chi connectivity index (χ3n) is 5.69. The van der Waals surface area contributed by atoms with Crippen LogP contribution in [-0.4, -0.2) is 16.8 Å². The fourth-order valence-corrected chi connectivity index (χ4v) is 4.28. The summed E-state index contributed by atoms with van der Waals surface area (Å²) in [5, 5.41) is 11.3. The maximum Gasteiger partial charge on any atom is 0.300 e. The molecule has 1 atom stereocenters. The van der Waals surface area contributed by atoms with Crippen molar-refractivity contribution >= 4 is 23.1 Å². The lowest BCUT2D eigenvalue weighted by Gasteiger charge is -2.26. The second-order valence-corrected chi connectivity index (χ2v) is 8.24. The second-order valence-electron chi connectivity index (χ2n) is 8.24. The molecule has 4 heteroatoms. The predicted molar refractivity (Wildman–Crippen MR) is 123 cm³/mol. The standard InChI is InChI=1S/C27H25NO3/c1-16-10-11-19(4)22(15-16)25(29)23-24(20-8-6-5-7-9-20)28(27(31)26(23)30)21-13-17(2)12-18(3)14-21/h5-15,24,29H,1-4H3/b25-23+. The SMILES string of the molecule is Cc1cc(C)cc(N2C(=O)C(=O)/C(=C(/O)c3cc(C)ccc3C)C2c2ccccc2)c1. The van der Waals surface area contributed by atoms with Crippen molar-refractivity contribution in [2.24, 2.45) is 0 Å². The van der Waals surface area contributed by atoms with Crippen LogP contribution >= 0.6 is 0 Å². The number of rotatable bonds is 3. The molecule has 1 amide bonds. The van der Waals surface area contributed by atoms with Crippen LogP contribution in [0.4, 0.5) is 5.69 Å². The van der Waals surface area contributed by atoms with E-state index in [2.05, 4.69) is 0 Å². The van der Waals surface area contributed by atoms with Gasteiger partial charge in [0.05, 0.1) is 11.6 Å². The molecule has 3 aromatic carbocycles. The number of amides is 1. The van der Waals surface area contributed by atoms with E-state index in [0.29, 0.717) is 11.3 Å². The third kappa shape index (κ3) is 3.66. The number of aliphatic hydroxyl groups excluding tert-OH is 1. The minimum atomic E-state index is -0.706. The summed E-state index contributed by atoms with van der Waals surface area (Å²) in [6, 6.07) is 20.2. The molecule has 1 heterocycles. The second kappa shape index (κ2) is 7.88. The zero-order chi connectivity index (χ0) is 22.3. The first kappa shape index (κ1) is 20.6. The number of Topliss-reactive ketones (excluding diaryl/α,β-unsaturated/α-hetero) is 1. The Kier molecular flexibility index (Phi) is 5.24. The lowest BCUT2D eigenvalue weighted by atomic mass is 9.93. The van der Waals surface area contributed by atoms with Crippen LogP contribution in [0.25, 0.3) is 5.76 Å². The van der Waals surface area contributed by atoms with Crippen molar-refractivity contribution in [3.63, 3.8) is 0 Å². The Labute approximate surface area is 182 Å². The number of hydrogen-bond donors (Lipinski definition) is 1. The number of aryl methyl sites for hydroxylation is 4. The normalized spacial score (nSPS) is 17.9. The van der Waals surface area contributed by atoms with Crippen LogP contribution in [0.5, 0.6) is 0 Å². The maximum absolute atomic E-state index is 13.2. The van der Waals surface area contributed by atoms with Crippen LogP contribution in [0.1, 0.15) is 39.4 Å². The average molecular weight is 412 g/mol. The van der Waals surface area contributed by atoms with E-state index >= 15 is 0 Å². The van der Waals surface area contributed by atoms with Crippen molar-refractivity contribution in [1.29, 1.82) is 0 Å². The minimum absolute atomic E-state index is 0.115. The van der Waals surface area contributed by atoms with Crippen LogP contribution < -0.4 is 4.90 Å². The number of carbonyl (C=O) groups is 2. The van der Waals surface area contributed by atoms with Gasteiger partial charge >= 0.3 is 0 Å². The lowest BCUT2D eigenvalue weighted by molar-refractivity contribution is -0.132. The summed E-state index contributed by atoms with van der Waals surface area (Å²) in [5.41, 5.74) is 5.90. The molecule has 0 radical (unpaired) electrons. The highest BCUT2D eigenvalue weighted by atomic mass is 16.3. The fraction of sp³-hybridized carbons (Fsp3) is 0.185. The molecule has 1 fully saturated rings. The van der Waals surface area contributed by atoms with Crippen LogP contribution in [0.2, 0.25) is 0 Å². The van der Waals surface area contributed by atoms with Gasteiger partial charge in [-0.05, 0) is 68.1 Å². The van der Waals surface area contributed by atoms with E-state index in [1.54, 1.807) is 0 Å². The van der Waals surface area contributed by atoms with Crippen LogP contribution in [0.3, 0.4) is 0 Å². The zero-order valence-corrected chi connectivity index (χ0v) is 18.1. The average Bonchev–Trinajstić information content (AvgIpc) is 3.00. The van der Waals surface area contributed by atoms with Crippen molar-refractivity contribution in [3.8, 4) is 0 Å². The van der Waals surface area contributed by atoms with Gasteiger partial charge in [-0.15, -0.1) is 0 Å². The quantitative estimate of drug-likeness (QED) is 0.349. The Hall–Kier alpha value is -3.66. The number of aliphatic hydroxyl groups is 1. The first-order valence-corrected chi connectivity index (χ1v) is 10.3. The van der Waals surface area contributed by atoms with Gasteiger partial charge in [0.25, 0.3) is 11.7 Å². The van der Waals surface area contributed by atoms with Crippen LogP contribution in [-0.2, 0) is 9.59 Å². The first-order chi connectivity index (χ1) is 14.8. The fourth-order valence-electron chi connectivity index (χ4n) is 4.28. The van der Waals surface area contributed by atoms with Gasteiger partial charge in [-0.1, -0.05) is 54.1 Å². The molecule has 4 nitrogen and oxygen atoms in total. The summed E-state index contributed by atoms with van der Waals surface area (Å²) in [4.78, 5) is 28.0. The van der Waals surface area contributed by atoms with Crippen molar-refractivity contribution < 1.29 is 14.7 Å². The van der Waals surface area contributed by atoms with Gasteiger partial charge in [-0.3, -0.25) is 14.5 Å². The van der Waals surface area contributed by atoms with E-state index in [9.17, 15) is 14.7 Å². The summed E-state index contributed by atoms with van der Waals surface area (Å²) in [7, 11) is 0. The molecule has 4 rings (SSSR count). The molecule has 0 spiro atoms. The molecule has 3 aromatic rings. The summed E-state index contributed by atoms with van der Waals surface area (Å²) in [6.45, 7) is 7.73. The van der Waals surface area contributed by atoms with Gasteiger partial charge in [0, 0.05) is 11.3 Å². The van der Waals surface area contributed by atoms with Gasteiger partial charge in [0.2, 0.25) is 0 Å². The summed E-state index contributed by atoms with van der Waals surface area (Å²) in [6.07, 6.45) is 0. The molecule has 0 aromatic heterocycles. The Morgan fingerprint density at radius 3 is 2.10 bits per heavy atom. The van der Waals surface area contributed by atoms with Crippen LogP contribution in [0, 0.1) is 27.7 Å². The van der Waals surface area contributed by atoms with Gasteiger partial charge < -0.3 is 5.11 Å². The molecule has 1 N–H and O–H groups in total. The number of hydrogen-bond acceptors (Lipinski definition) is 3. The largest absolute Gasteiger partial charge is 0.507 e. The Balaban J connectivity index is 1.99. The topological polar surface area (TPSA) is 57.6 Å². The van der Waals surface area contributed by atoms with Crippen molar-refractivity contribution in [2.45, 2.75) is 33.7 Å². The Morgan fingerprint density at radius 1 is 0.806 bits per heavy atom. The van der Waals surface area contributed by atoms with E-state index < -0.39 is 17.7 Å². The van der Waals surface area contributed by atoms with Gasteiger partial charge in [0.15, 0.2) is 0 Å². The van der Waals surface area contributed by atoms with E-state index in [1.165, 1.54) is 4.90 Å². The molecule has 1 aliphatic heterocycles. The zero-order valence-electron chi connectivity index (χ0n) is 18.1.